The van der Waals surface area contributed by atoms with Gasteiger partial charge >= 0.3 is 0 Å². The molecule has 1 aromatic carbocycles. The van der Waals surface area contributed by atoms with Crippen LogP contribution in [0, 0.1) is 11.7 Å². The molecular formula is C19H27FN4O. The van der Waals surface area contributed by atoms with E-state index in [-0.39, 0.29) is 17.6 Å². The molecule has 0 radical (unpaired) electrons. The van der Waals surface area contributed by atoms with Crippen molar-refractivity contribution in [1.29, 1.82) is 0 Å². The Labute approximate surface area is 148 Å². The van der Waals surface area contributed by atoms with Crippen LogP contribution in [0.2, 0.25) is 0 Å². The lowest BCUT2D eigenvalue weighted by Crippen LogP contribution is -2.45. The topological polar surface area (TPSA) is 75.0 Å². The highest BCUT2D eigenvalue weighted by Gasteiger charge is 2.22. The molecular weight excluding hydrogens is 319 g/mol. The minimum atomic E-state index is -0.443. The first-order chi connectivity index (χ1) is 11.9. The Balaban J connectivity index is 1.85. The van der Waals surface area contributed by atoms with E-state index < -0.39 is 6.04 Å². The van der Waals surface area contributed by atoms with Crippen molar-refractivity contribution in [2.75, 3.05) is 13.6 Å². The van der Waals surface area contributed by atoms with Gasteiger partial charge in [0, 0.05) is 24.8 Å². The molecule has 0 saturated carbocycles. The van der Waals surface area contributed by atoms with Gasteiger partial charge in [-0.25, -0.2) is 4.39 Å². The lowest BCUT2D eigenvalue weighted by atomic mass is 9.99. The number of hydrogen-bond donors (Lipinski definition) is 2. The third kappa shape index (κ3) is 5.13. The zero-order chi connectivity index (χ0) is 18.4. The highest BCUT2D eigenvalue weighted by atomic mass is 19.1. The summed E-state index contributed by atoms with van der Waals surface area (Å²) in [6.45, 7) is 4.67. The number of amides is 1. The van der Waals surface area contributed by atoms with Crippen LogP contribution in [0.4, 0.5) is 4.39 Å². The van der Waals surface area contributed by atoms with E-state index in [4.69, 9.17) is 5.73 Å². The largest absolute Gasteiger partial charge is 0.344 e. The molecule has 0 aliphatic rings. The Morgan fingerprint density at radius 3 is 2.84 bits per heavy atom. The van der Waals surface area contributed by atoms with Crippen LogP contribution in [0.15, 0.2) is 30.3 Å². The average molecular weight is 346 g/mol. The fraction of sp³-hybridized carbons (Fsp3) is 0.474. The fourth-order valence-electron chi connectivity index (χ4n) is 2.65. The lowest BCUT2D eigenvalue weighted by Gasteiger charge is -2.24. The van der Waals surface area contributed by atoms with E-state index in [1.807, 2.05) is 26.0 Å². The number of nitrogens with two attached hydrogens (primary N) is 1. The minimum absolute atomic E-state index is 0.0144. The molecule has 3 N–H and O–H groups in total. The van der Waals surface area contributed by atoms with Crippen molar-refractivity contribution >= 4 is 5.91 Å². The van der Waals surface area contributed by atoms with E-state index in [0.717, 1.165) is 36.2 Å². The van der Waals surface area contributed by atoms with E-state index in [0.29, 0.717) is 6.54 Å². The zero-order valence-corrected chi connectivity index (χ0v) is 15.1. The Morgan fingerprint density at radius 1 is 1.40 bits per heavy atom. The summed E-state index contributed by atoms with van der Waals surface area (Å²) in [5.74, 6) is -0.115. The summed E-state index contributed by atoms with van der Waals surface area (Å²) in [5.41, 5.74) is 8.43. The van der Waals surface area contributed by atoms with Crippen molar-refractivity contribution in [2.24, 2.45) is 11.7 Å². The summed E-state index contributed by atoms with van der Waals surface area (Å²) >= 11 is 0. The number of H-pyrrole nitrogens is 1. The molecule has 0 spiro atoms. The molecule has 0 aliphatic heterocycles. The molecule has 2 aromatic rings. The summed E-state index contributed by atoms with van der Waals surface area (Å²) in [7, 11) is 1.79. The van der Waals surface area contributed by atoms with Crippen molar-refractivity contribution in [3.05, 3.63) is 41.8 Å². The molecule has 1 aromatic heterocycles. The second-order valence-electron chi connectivity index (χ2n) is 6.56. The number of aryl methyl sites for hydroxylation is 1. The first-order valence-electron chi connectivity index (χ1n) is 8.73. The molecule has 136 valence electrons. The molecule has 2 atom stereocenters. The molecule has 1 heterocycles. The van der Waals surface area contributed by atoms with Crippen LogP contribution >= 0.6 is 0 Å². The first kappa shape index (κ1) is 19.1. The van der Waals surface area contributed by atoms with Crippen LogP contribution in [-0.4, -0.2) is 40.6 Å². The van der Waals surface area contributed by atoms with Gasteiger partial charge in [0.2, 0.25) is 5.91 Å². The standard InChI is InChI=1S/C19H27FN4O/c1-4-13(2)18(21)19(25)24(3)10-6-9-16-12-17(23-22-16)14-7-5-8-15(20)11-14/h5,7-8,11-13,18H,4,6,9-10,21H2,1-3H3,(H,22,23). The van der Waals surface area contributed by atoms with Crippen LogP contribution in [0.5, 0.6) is 0 Å². The molecule has 5 nitrogen and oxygen atoms in total. The fourth-order valence-corrected chi connectivity index (χ4v) is 2.65. The van der Waals surface area contributed by atoms with Gasteiger partial charge in [-0.15, -0.1) is 0 Å². The van der Waals surface area contributed by atoms with Gasteiger partial charge in [-0.1, -0.05) is 32.4 Å². The van der Waals surface area contributed by atoms with Gasteiger partial charge in [0.1, 0.15) is 5.82 Å². The highest BCUT2D eigenvalue weighted by molar-refractivity contribution is 5.81. The summed E-state index contributed by atoms with van der Waals surface area (Å²) < 4.78 is 13.3. The van der Waals surface area contributed by atoms with E-state index in [1.54, 1.807) is 18.0 Å². The number of carbonyl (C=O) groups excluding carboxylic acids is 1. The van der Waals surface area contributed by atoms with Crippen molar-refractivity contribution in [1.82, 2.24) is 15.1 Å². The number of rotatable bonds is 8. The van der Waals surface area contributed by atoms with E-state index in [2.05, 4.69) is 10.2 Å². The van der Waals surface area contributed by atoms with Crippen LogP contribution < -0.4 is 5.73 Å². The van der Waals surface area contributed by atoms with Crippen LogP contribution in [0.3, 0.4) is 0 Å². The summed E-state index contributed by atoms with van der Waals surface area (Å²) in [5, 5.41) is 7.21. The summed E-state index contributed by atoms with van der Waals surface area (Å²) in [4.78, 5) is 13.9. The first-order valence-corrected chi connectivity index (χ1v) is 8.73. The third-order valence-electron chi connectivity index (χ3n) is 4.61. The number of aromatic amines is 1. The quantitative estimate of drug-likeness (QED) is 0.771. The van der Waals surface area contributed by atoms with Crippen LogP contribution in [0.25, 0.3) is 11.3 Å². The van der Waals surface area contributed by atoms with Crippen molar-refractivity contribution < 1.29 is 9.18 Å². The number of likely N-dealkylation sites (N-methyl/N-ethyl adjacent to an activating group) is 1. The summed E-state index contributed by atoms with van der Waals surface area (Å²) in [6.07, 6.45) is 2.45. The Hall–Kier alpha value is -2.21. The van der Waals surface area contributed by atoms with Gasteiger partial charge in [-0.2, -0.15) is 5.10 Å². The molecule has 1 amide bonds. The molecule has 0 aliphatic carbocycles. The van der Waals surface area contributed by atoms with Crippen LogP contribution in [-0.2, 0) is 11.2 Å². The van der Waals surface area contributed by atoms with Crippen LogP contribution in [0.1, 0.15) is 32.4 Å². The molecule has 2 unspecified atom stereocenters. The number of nitrogens with zero attached hydrogens (tertiary/aromatic N) is 2. The van der Waals surface area contributed by atoms with Gasteiger partial charge in [0.25, 0.3) is 0 Å². The van der Waals surface area contributed by atoms with E-state index in [9.17, 15) is 9.18 Å². The summed E-state index contributed by atoms with van der Waals surface area (Å²) in [6, 6.07) is 7.84. The Bertz CT molecular complexity index is 700. The molecule has 2 rings (SSSR count). The molecule has 25 heavy (non-hydrogen) atoms. The SMILES string of the molecule is CCC(C)C(N)C(=O)N(C)CCCc1cc(-c2cccc(F)c2)n[nH]1. The number of carbonyl (C=O) groups is 1. The van der Waals surface area contributed by atoms with Gasteiger partial charge in [-0.3, -0.25) is 9.89 Å². The number of nitrogens with one attached hydrogen (secondary N) is 1. The van der Waals surface area contributed by atoms with E-state index in [1.165, 1.54) is 12.1 Å². The number of aromatic nitrogens is 2. The number of benzene rings is 1. The van der Waals surface area contributed by atoms with Gasteiger partial charge in [-0.05, 0) is 37.0 Å². The maximum Gasteiger partial charge on any atom is 0.239 e. The van der Waals surface area contributed by atoms with Crippen molar-refractivity contribution in [2.45, 2.75) is 39.2 Å². The lowest BCUT2D eigenvalue weighted by molar-refractivity contribution is -0.132. The van der Waals surface area contributed by atoms with Crippen molar-refractivity contribution in [3.63, 3.8) is 0 Å². The normalized spacial score (nSPS) is 13.5. The molecule has 6 heteroatoms. The minimum Gasteiger partial charge on any atom is -0.344 e. The average Bonchev–Trinajstić information content (AvgIpc) is 3.08. The smallest absolute Gasteiger partial charge is 0.239 e. The monoisotopic (exact) mass is 346 g/mol. The highest BCUT2D eigenvalue weighted by Crippen LogP contribution is 2.19. The van der Waals surface area contributed by atoms with Crippen molar-refractivity contribution in [3.8, 4) is 11.3 Å². The third-order valence-corrected chi connectivity index (χ3v) is 4.61. The zero-order valence-electron chi connectivity index (χ0n) is 15.1. The van der Waals surface area contributed by atoms with Gasteiger partial charge in [0.05, 0.1) is 11.7 Å². The predicted octanol–water partition coefficient (Wildman–Crippen LogP) is 2.98. The predicted molar refractivity (Wildman–Crippen MR) is 97.4 cm³/mol. The number of halogens is 1. The maximum absolute atomic E-state index is 13.3. The van der Waals surface area contributed by atoms with Gasteiger partial charge < -0.3 is 10.6 Å². The Morgan fingerprint density at radius 2 is 2.16 bits per heavy atom. The Kier molecular flexibility index (Phi) is 6.70. The number of hydrogen-bond acceptors (Lipinski definition) is 3. The molecule has 0 bridgehead atoms. The second-order valence-corrected chi connectivity index (χ2v) is 6.56. The molecule has 0 saturated heterocycles. The molecule has 0 fully saturated rings. The van der Waals surface area contributed by atoms with Gasteiger partial charge in [0.15, 0.2) is 0 Å². The second kappa shape index (κ2) is 8.76. The van der Waals surface area contributed by atoms with E-state index >= 15 is 0 Å². The maximum atomic E-state index is 13.3.